The van der Waals surface area contributed by atoms with Crippen molar-refractivity contribution in [3.63, 3.8) is 0 Å². The van der Waals surface area contributed by atoms with Crippen molar-refractivity contribution >= 4 is 18.0 Å². The van der Waals surface area contributed by atoms with Gasteiger partial charge in [-0.1, -0.05) is 26.0 Å². The Labute approximate surface area is 155 Å². The molecule has 26 heavy (non-hydrogen) atoms. The molecule has 1 saturated carbocycles. The topological polar surface area (TPSA) is 61.8 Å². The van der Waals surface area contributed by atoms with Crippen LogP contribution in [0.2, 0.25) is 0 Å². The third-order valence-electron chi connectivity index (χ3n) is 4.73. The van der Waals surface area contributed by atoms with Crippen LogP contribution in [0.1, 0.15) is 51.5 Å². The van der Waals surface area contributed by atoms with Gasteiger partial charge in [0, 0.05) is 6.08 Å². The van der Waals surface area contributed by atoms with E-state index in [9.17, 15) is 9.59 Å². The normalized spacial score (nSPS) is 21.2. The number of hydrogen-bond donors (Lipinski definition) is 0. The molecule has 0 radical (unpaired) electrons. The number of esters is 2. The second kappa shape index (κ2) is 10.00. The molecule has 5 heteroatoms. The van der Waals surface area contributed by atoms with Crippen LogP contribution in [0.4, 0.5) is 0 Å². The van der Waals surface area contributed by atoms with Crippen molar-refractivity contribution in [3.05, 3.63) is 35.9 Å². The molecule has 142 valence electrons. The first-order valence-electron chi connectivity index (χ1n) is 9.25. The summed E-state index contributed by atoms with van der Waals surface area (Å²) < 4.78 is 16.1. The van der Waals surface area contributed by atoms with Gasteiger partial charge in [0.2, 0.25) is 0 Å². The summed E-state index contributed by atoms with van der Waals surface area (Å²) in [7, 11) is 1.61. The summed E-state index contributed by atoms with van der Waals surface area (Å²) >= 11 is 0. The van der Waals surface area contributed by atoms with Crippen molar-refractivity contribution in [3.8, 4) is 5.75 Å². The van der Waals surface area contributed by atoms with Crippen molar-refractivity contribution in [2.75, 3.05) is 7.11 Å². The van der Waals surface area contributed by atoms with Gasteiger partial charge in [-0.3, -0.25) is 4.79 Å². The van der Waals surface area contributed by atoms with E-state index in [0.29, 0.717) is 0 Å². The molecule has 2 rings (SSSR count). The minimum atomic E-state index is -0.346. The van der Waals surface area contributed by atoms with Gasteiger partial charge in [-0.25, -0.2) is 4.79 Å². The Hall–Kier alpha value is -2.30. The van der Waals surface area contributed by atoms with Gasteiger partial charge in [0.15, 0.2) is 0 Å². The molecule has 0 spiro atoms. The first-order chi connectivity index (χ1) is 12.5. The Morgan fingerprint density at radius 3 is 2.19 bits per heavy atom. The predicted molar refractivity (Wildman–Crippen MR) is 99.7 cm³/mol. The monoisotopic (exact) mass is 360 g/mol. The summed E-state index contributed by atoms with van der Waals surface area (Å²) in [4.78, 5) is 23.8. The van der Waals surface area contributed by atoms with E-state index in [-0.39, 0.29) is 30.1 Å². The number of hydrogen-bond acceptors (Lipinski definition) is 5. The van der Waals surface area contributed by atoms with E-state index in [4.69, 9.17) is 14.2 Å². The van der Waals surface area contributed by atoms with Gasteiger partial charge in [0.25, 0.3) is 0 Å². The zero-order chi connectivity index (χ0) is 18.9. The first-order valence-corrected chi connectivity index (χ1v) is 9.25. The predicted octanol–water partition coefficient (Wildman–Crippen LogP) is 4.15. The molecule has 1 aliphatic carbocycles. The maximum Gasteiger partial charge on any atom is 0.331 e. The number of benzene rings is 1. The van der Waals surface area contributed by atoms with E-state index in [0.717, 1.165) is 43.4 Å². The van der Waals surface area contributed by atoms with Crippen LogP contribution in [0.15, 0.2) is 30.3 Å². The molecule has 0 amide bonds. The fraction of sp³-hybridized carbons (Fsp3) is 0.524. The third kappa shape index (κ3) is 6.21. The smallest absolute Gasteiger partial charge is 0.331 e. The Kier molecular flexibility index (Phi) is 7.70. The van der Waals surface area contributed by atoms with E-state index in [1.54, 1.807) is 13.2 Å². The van der Waals surface area contributed by atoms with Crippen LogP contribution in [0.3, 0.4) is 0 Å². The SMILES string of the molecule is CCC(C)C(=O)OC1CCC(OC(=O)/C=C/c2ccc(OC)cc2)CC1. The van der Waals surface area contributed by atoms with Crippen LogP contribution < -0.4 is 4.74 Å². The molecule has 0 N–H and O–H groups in total. The van der Waals surface area contributed by atoms with E-state index >= 15 is 0 Å². The lowest BCUT2D eigenvalue weighted by molar-refractivity contribution is -0.159. The molecule has 5 nitrogen and oxygen atoms in total. The molecule has 0 bridgehead atoms. The summed E-state index contributed by atoms with van der Waals surface area (Å²) in [5.41, 5.74) is 0.906. The van der Waals surface area contributed by atoms with Crippen LogP contribution in [0, 0.1) is 5.92 Å². The summed E-state index contributed by atoms with van der Waals surface area (Å²) in [6.45, 7) is 3.85. The average molecular weight is 360 g/mol. The number of methoxy groups -OCH3 is 1. The van der Waals surface area contributed by atoms with Gasteiger partial charge >= 0.3 is 11.9 Å². The van der Waals surface area contributed by atoms with Gasteiger partial charge in [-0.2, -0.15) is 0 Å². The van der Waals surface area contributed by atoms with Gasteiger partial charge < -0.3 is 14.2 Å². The lowest BCUT2D eigenvalue weighted by Crippen LogP contribution is -2.30. The van der Waals surface area contributed by atoms with Gasteiger partial charge in [-0.05, 0) is 55.9 Å². The standard InChI is InChI=1S/C21H28O5/c1-4-15(2)21(23)26-19-12-10-18(11-13-19)25-20(22)14-7-16-5-8-17(24-3)9-6-16/h5-9,14-15,18-19H,4,10-13H2,1-3H3/b14-7+. The highest BCUT2D eigenvalue weighted by Gasteiger charge is 2.26. The van der Waals surface area contributed by atoms with E-state index in [2.05, 4.69) is 0 Å². The molecule has 0 aliphatic heterocycles. The fourth-order valence-corrected chi connectivity index (χ4v) is 2.80. The summed E-state index contributed by atoms with van der Waals surface area (Å²) in [5.74, 6) is 0.236. The summed E-state index contributed by atoms with van der Waals surface area (Å²) in [5, 5.41) is 0. The van der Waals surface area contributed by atoms with E-state index in [1.165, 1.54) is 6.08 Å². The Bertz CT molecular complexity index is 612. The third-order valence-corrected chi connectivity index (χ3v) is 4.73. The lowest BCUT2D eigenvalue weighted by atomic mass is 9.94. The second-order valence-corrected chi connectivity index (χ2v) is 6.69. The highest BCUT2D eigenvalue weighted by molar-refractivity contribution is 5.87. The average Bonchev–Trinajstić information content (AvgIpc) is 2.67. The Balaban J connectivity index is 1.73. The van der Waals surface area contributed by atoms with Crippen LogP contribution >= 0.6 is 0 Å². The molecular formula is C21H28O5. The second-order valence-electron chi connectivity index (χ2n) is 6.69. The van der Waals surface area contributed by atoms with Crippen LogP contribution in [0.25, 0.3) is 6.08 Å². The maximum atomic E-state index is 12.0. The number of carbonyl (C=O) groups is 2. The molecule has 1 aromatic rings. The highest BCUT2D eigenvalue weighted by atomic mass is 16.6. The molecule has 1 aromatic carbocycles. The highest BCUT2D eigenvalue weighted by Crippen LogP contribution is 2.25. The molecular weight excluding hydrogens is 332 g/mol. The van der Waals surface area contributed by atoms with Crippen molar-refractivity contribution < 1.29 is 23.8 Å². The largest absolute Gasteiger partial charge is 0.497 e. The Morgan fingerprint density at radius 1 is 1.08 bits per heavy atom. The zero-order valence-electron chi connectivity index (χ0n) is 15.8. The fourth-order valence-electron chi connectivity index (χ4n) is 2.80. The zero-order valence-corrected chi connectivity index (χ0v) is 15.8. The number of rotatable bonds is 7. The van der Waals surface area contributed by atoms with Gasteiger partial charge in [0.05, 0.1) is 13.0 Å². The minimum absolute atomic E-state index is 0.0544. The number of ether oxygens (including phenoxy) is 3. The Morgan fingerprint density at radius 2 is 1.65 bits per heavy atom. The van der Waals surface area contributed by atoms with Crippen molar-refractivity contribution in [2.24, 2.45) is 5.92 Å². The quantitative estimate of drug-likeness (QED) is 0.540. The molecule has 0 heterocycles. The van der Waals surface area contributed by atoms with E-state index in [1.807, 2.05) is 38.1 Å². The van der Waals surface area contributed by atoms with Gasteiger partial charge in [-0.15, -0.1) is 0 Å². The molecule has 1 aliphatic rings. The van der Waals surface area contributed by atoms with Crippen LogP contribution in [0.5, 0.6) is 5.75 Å². The lowest BCUT2D eigenvalue weighted by Gasteiger charge is -2.28. The van der Waals surface area contributed by atoms with Crippen LogP contribution in [-0.4, -0.2) is 31.3 Å². The van der Waals surface area contributed by atoms with Crippen molar-refractivity contribution in [2.45, 2.75) is 58.2 Å². The molecule has 0 saturated heterocycles. The maximum absolute atomic E-state index is 12.0. The van der Waals surface area contributed by atoms with E-state index < -0.39 is 0 Å². The summed E-state index contributed by atoms with van der Waals surface area (Å²) in [6, 6.07) is 7.43. The molecule has 1 unspecified atom stereocenters. The minimum Gasteiger partial charge on any atom is -0.497 e. The molecule has 0 aromatic heterocycles. The molecule has 1 atom stereocenters. The molecule has 1 fully saturated rings. The van der Waals surface area contributed by atoms with Gasteiger partial charge in [0.1, 0.15) is 18.0 Å². The van der Waals surface area contributed by atoms with Crippen LogP contribution in [-0.2, 0) is 19.1 Å². The summed E-state index contributed by atoms with van der Waals surface area (Å²) in [6.07, 6.45) is 6.71. The number of carbonyl (C=O) groups excluding carboxylic acids is 2. The first kappa shape index (κ1) is 20.0. The van der Waals surface area contributed by atoms with Crippen molar-refractivity contribution in [1.82, 2.24) is 0 Å². The van der Waals surface area contributed by atoms with Crippen molar-refractivity contribution in [1.29, 1.82) is 0 Å².